The van der Waals surface area contributed by atoms with Crippen molar-refractivity contribution in [1.82, 2.24) is 10.0 Å². The van der Waals surface area contributed by atoms with Crippen molar-refractivity contribution in [2.45, 2.75) is 25.7 Å². The summed E-state index contributed by atoms with van der Waals surface area (Å²) < 4.78 is 26.7. The zero-order valence-electron chi connectivity index (χ0n) is 14.2. The van der Waals surface area contributed by atoms with E-state index in [2.05, 4.69) is 23.9 Å². The van der Waals surface area contributed by atoms with E-state index in [0.29, 0.717) is 5.56 Å². The highest BCUT2D eigenvalue weighted by atomic mass is 32.2. The second-order valence-corrected chi connectivity index (χ2v) is 7.16. The van der Waals surface area contributed by atoms with Gasteiger partial charge in [0.05, 0.1) is 4.90 Å². The molecule has 2 aromatic rings. The topological polar surface area (TPSA) is 58.2 Å². The molecule has 0 aromatic heterocycles. The molecule has 0 radical (unpaired) electrons. The van der Waals surface area contributed by atoms with Crippen LogP contribution in [0.15, 0.2) is 59.5 Å². The number of rotatable bonds is 5. The fourth-order valence-electron chi connectivity index (χ4n) is 1.80. The number of hydrogen-bond acceptors (Lipinski definition) is 4. The molecule has 0 saturated heterocycles. The molecule has 2 N–H and O–H groups in total. The normalized spacial score (nSPS) is 10.5. The van der Waals surface area contributed by atoms with Crippen molar-refractivity contribution in [2.24, 2.45) is 0 Å². The first kappa shape index (κ1) is 20.3. The maximum Gasteiger partial charge on any atom is 0.262 e. The number of nitrogens with one attached hydrogen (secondary N) is 2. The third kappa shape index (κ3) is 6.78. The van der Waals surface area contributed by atoms with Crippen molar-refractivity contribution in [2.75, 3.05) is 13.1 Å². The molecule has 2 rings (SSSR count). The molecule has 4 nitrogen and oxygen atoms in total. The van der Waals surface area contributed by atoms with Gasteiger partial charge in [-0.15, -0.1) is 0 Å². The van der Waals surface area contributed by atoms with E-state index in [1.54, 1.807) is 36.4 Å². The molecule has 0 aliphatic carbocycles. The SMILES string of the molecule is CCNCC.Cc1ccc(S(=O)(=O)NC(=S)c2ccccc2)cc1. The molecular formula is C18H24N2O2S2. The number of sulfonamides is 1. The van der Waals surface area contributed by atoms with E-state index in [0.717, 1.165) is 18.7 Å². The van der Waals surface area contributed by atoms with E-state index in [1.165, 1.54) is 0 Å². The van der Waals surface area contributed by atoms with Gasteiger partial charge in [0.1, 0.15) is 4.99 Å². The van der Waals surface area contributed by atoms with Crippen LogP contribution in [-0.2, 0) is 10.0 Å². The molecule has 0 heterocycles. The number of aryl methyl sites for hydroxylation is 1. The number of thiocarbonyl (C=S) groups is 1. The van der Waals surface area contributed by atoms with Gasteiger partial charge in [-0.05, 0) is 32.1 Å². The lowest BCUT2D eigenvalue weighted by atomic mass is 10.2. The minimum absolute atomic E-state index is 0.196. The van der Waals surface area contributed by atoms with E-state index < -0.39 is 10.0 Å². The summed E-state index contributed by atoms with van der Waals surface area (Å²) in [6.07, 6.45) is 0. The van der Waals surface area contributed by atoms with Crippen molar-refractivity contribution in [1.29, 1.82) is 0 Å². The molecule has 0 aliphatic rings. The highest BCUT2D eigenvalue weighted by Gasteiger charge is 2.15. The molecule has 0 fully saturated rings. The van der Waals surface area contributed by atoms with Crippen LogP contribution in [0.3, 0.4) is 0 Å². The summed E-state index contributed by atoms with van der Waals surface area (Å²) in [4.78, 5) is 0.401. The van der Waals surface area contributed by atoms with Gasteiger partial charge in [-0.25, -0.2) is 8.42 Å². The van der Waals surface area contributed by atoms with E-state index in [9.17, 15) is 8.42 Å². The molecule has 0 bridgehead atoms. The smallest absolute Gasteiger partial charge is 0.262 e. The monoisotopic (exact) mass is 364 g/mol. The second kappa shape index (κ2) is 10.2. The van der Waals surface area contributed by atoms with Crippen LogP contribution in [0.25, 0.3) is 0 Å². The summed E-state index contributed by atoms with van der Waals surface area (Å²) in [6, 6.07) is 15.6. The molecule has 0 aliphatic heterocycles. The molecule has 24 heavy (non-hydrogen) atoms. The lowest BCUT2D eigenvalue weighted by molar-refractivity contribution is 0.593. The third-order valence-corrected chi connectivity index (χ3v) is 4.93. The molecule has 6 heteroatoms. The molecule has 2 aromatic carbocycles. The molecular weight excluding hydrogens is 340 g/mol. The molecule has 0 atom stereocenters. The number of hydrogen-bond donors (Lipinski definition) is 2. The average molecular weight is 365 g/mol. The average Bonchev–Trinajstić information content (AvgIpc) is 2.57. The lowest BCUT2D eigenvalue weighted by Gasteiger charge is -2.09. The van der Waals surface area contributed by atoms with Gasteiger partial charge in [0.15, 0.2) is 0 Å². The molecule has 0 spiro atoms. The maximum absolute atomic E-state index is 12.1. The molecule has 130 valence electrons. The Hall–Kier alpha value is -1.76. The summed E-state index contributed by atoms with van der Waals surface area (Å²) >= 11 is 5.10. The van der Waals surface area contributed by atoms with Crippen LogP contribution < -0.4 is 10.0 Å². The van der Waals surface area contributed by atoms with Crippen LogP contribution in [0.1, 0.15) is 25.0 Å². The van der Waals surface area contributed by atoms with Gasteiger partial charge < -0.3 is 5.32 Å². The minimum Gasteiger partial charge on any atom is -0.317 e. The Labute approximate surface area is 150 Å². The van der Waals surface area contributed by atoms with E-state index in [-0.39, 0.29) is 9.88 Å². The van der Waals surface area contributed by atoms with Crippen molar-refractivity contribution in [3.63, 3.8) is 0 Å². The lowest BCUT2D eigenvalue weighted by Crippen LogP contribution is -2.29. The molecule has 0 unspecified atom stereocenters. The maximum atomic E-state index is 12.1. The van der Waals surface area contributed by atoms with Crippen LogP contribution in [0.5, 0.6) is 0 Å². The Morgan fingerprint density at radius 1 is 0.958 bits per heavy atom. The van der Waals surface area contributed by atoms with Crippen LogP contribution in [-0.4, -0.2) is 26.5 Å². The predicted molar refractivity (Wildman–Crippen MR) is 104 cm³/mol. The van der Waals surface area contributed by atoms with Crippen LogP contribution in [0, 0.1) is 6.92 Å². The first-order valence-corrected chi connectivity index (χ1v) is 9.69. The highest BCUT2D eigenvalue weighted by molar-refractivity contribution is 7.92. The predicted octanol–water partition coefficient (Wildman–Crippen LogP) is 3.26. The van der Waals surface area contributed by atoms with Crippen LogP contribution in [0.2, 0.25) is 0 Å². The Kier molecular flexibility index (Phi) is 8.60. The van der Waals surface area contributed by atoms with Gasteiger partial charge in [0.25, 0.3) is 10.0 Å². The summed E-state index contributed by atoms with van der Waals surface area (Å²) in [5.74, 6) is 0. The van der Waals surface area contributed by atoms with E-state index in [1.807, 2.05) is 25.1 Å². The van der Waals surface area contributed by atoms with Crippen molar-refractivity contribution in [3.05, 3.63) is 65.7 Å². The number of benzene rings is 2. The summed E-state index contributed by atoms with van der Waals surface area (Å²) in [6.45, 7) is 8.29. The minimum atomic E-state index is -3.62. The zero-order chi connectivity index (χ0) is 18.0. The molecule has 0 saturated carbocycles. The standard InChI is InChI=1S/C14H13NO2S2.C4H11N/c1-11-7-9-13(10-8-11)19(16,17)15-14(18)12-5-3-2-4-6-12;1-3-5-4-2/h2-10H,1H3,(H,15,18);5H,3-4H2,1-2H3. The molecule has 0 amide bonds. The Morgan fingerprint density at radius 2 is 1.50 bits per heavy atom. The van der Waals surface area contributed by atoms with Crippen molar-refractivity contribution < 1.29 is 8.42 Å². The summed E-state index contributed by atoms with van der Waals surface area (Å²) in [5.41, 5.74) is 1.68. The third-order valence-electron chi connectivity index (χ3n) is 3.09. The fourth-order valence-corrected chi connectivity index (χ4v) is 3.24. The van der Waals surface area contributed by atoms with Crippen molar-refractivity contribution in [3.8, 4) is 0 Å². The van der Waals surface area contributed by atoms with Crippen LogP contribution >= 0.6 is 12.2 Å². The summed E-state index contributed by atoms with van der Waals surface area (Å²) in [5, 5.41) is 3.11. The first-order valence-electron chi connectivity index (χ1n) is 7.80. The van der Waals surface area contributed by atoms with Gasteiger partial charge in [-0.3, -0.25) is 4.72 Å². The van der Waals surface area contributed by atoms with Gasteiger partial charge in [-0.2, -0.15) is 0 Å². The Bertz CT molecular complexity index is 725. The van der Waals surface area contributed by atoms with Crippen molar-refractivity contribution >= 4 is 27.2 Å². The second-order valence-electron chi connectivity index (χ2n) is 5.07. The largest absolute Gasteiger partial charge is 0.317 e. The highest BCUT2D eigenvalue weighted by Crippen LogP contribution is 2.11. The van der Waals surface area contributed by atoms with Crippen LogP contribution in [0.4, 0.5) is 0 Å². The Morgan fingerprint density at radius 3 is 1.96 bits per heavy atom. The van der Waals surface area contributed by atoms with Gasteiger partial charge in [0, 0.05) is 5.56 Å². The fraction of sp³-hybridized carbons (Fsp3) is 0.278. The zero-order valence-corrected chi connectivity index (χ0v) is 15.9. The quantitative estimate of drug-likeness (QED) is 0.800. The van der Waals surface area contributed by atoms with Gasteiger partial charge in [-0.1, -0.05) is 74.1 Å². The first-order chi connectivity index (χ1) is 11.4. The summed E-state index contributed by atoms with van der Waals surface area (Å²) in [7, 11) is -3.62. The van der Waals surface area contributed by atoms with Gasteiger partial charge in [0.2, 0.25) is 0 Å². The van der Waals surface area contributed by atoms with Gasteiger partial charge >= 0.3 is 0 Å². The van der Waals surface area contributed by atoms with E-state index >= 15 is 0 Å². The van der Waals surface area contributed by atoms with E-state index in [4.69, 9.17) is 12.2 Å². The Balaban J connectivity index is 0.000000505.